The van der Waals surface area contributed by atoms with E-state index in [2.05, 4.69) is 9.47 Å². The molecule has 0 aromatic rings. The minimum atomic E-state index is -1.69. The molecule has 0 bridgehead atoms. The molecule has 1 unspecified atom stereocenters. The van der Waals surface area contributed by atoms with Crippen molar-refractivity contribution >= 4 is 5.97 Å². The lowest BCUT2D eigenvalue weighted by Crippen LogP contribution is -2.21. The molecule has 0 rings (SSSR count). The molecular weight excluding hydrogens is 112 g/mol. The standard InChI is InChI=1S/C4H7O4/c1-7-3(5)4(6)8-2/h3H,1-2H3. The van der Waals surface area contributed by atoms with Gasteiger partial charge in [0.25, 0.3) is 6.29 Å². The summed E-state index contributed by atoms with van der Waals surface area (Å²) in [6.45, 7) is 0. The van der Waals surface area contributed by atoms with Gasteiger partial charge in [0.2, 0.25) is 0 Å². The van der Waals surface area contributed by atoms with E-state index < -0.39 is 12.3 Å². The first-order valence-corrected chi connectivity index (χ1v) is 1.98. The van der Waals surface area contributed by atoms with Crippen molar-refractivity contribution in [3.8, 4) is 0 Å². The van der Waals surface area contributed by atoms with E-state index in [-0.39, 0.29) is 0 Å². The topological polar surface area (TPSA) is 55.4 Å². The van der Waals surface area contributed by atoms with E-state index in [0.29, 0.717) is 0 Å². The van der Waals surface area contributed by atoms with Crippen molar-refractivity contribution in [3.05, 3.63) is 0 Å². The van der Waals surface area contributed by atoms with E-state index in [4.69, 9.17) is 0 Å². The van der Waals surface area contributed by atoms with E-state index in [1.54, 1.807) is 0 Å². The van der Waals surface area contributed by atoms with E-state index in [0.717, 1.165) is 14.2 Å². The highest BCUT2D eigenvalue weighted by atomic mass is 16.6. The maximum absolute atomic E-state index is 10.1. The third-order valence-corrected chi connectivity index (χ3v) is 0.608. The number of hydrogen-bond acceptors (Lipinski definition) is 3. The average molecular weight is 119 g/mol. The summed E-state index contributed by atoms with van der Waals surface area (Å²) in [4.78, 5) is 10.1. The van der Waals surface area contributed by atoms with Gasteiger partial charge < -0.3 is 9.47 Å². The molecule has 1 radical (unpaired) electrons. The molecule has 0 fully saturated rings. The third-order valence-electron chi connectivity index (χ3n) is 0.608. The van der Waals surface area contributed by atoms with Gasteiger partial charge in [0.15, 0.2) is 0 Å². The maximum Gasteiger partial charge on any atom is 0.366 e. The Kier molecular flexibility index (Phi) is 3.14. The van der Waals surface area contributed by atoms with Crippen molar-refractivity contribution in [1.82, 2.24) is 0 Å². The van der Waals surface area contributed by atoms with Crippen molar-refractivity contribution in [3.63, 3.8) is 0 Å². The molecule has 0 aliphatic carbocycles. The van der Waals surface area contributed by atoms with Crippen LogP contribution >= 0.6 is 0 Å². The maximum atomic E-state index is 10.1. The monoisotopic (exact) mass is 119 g/mol. The van der Waals surface area contributed by atoms with Crippen LogP contribution in [-0.2, 0) is 19.4 Å². The van der Waals surface area contributed by atoms with E-state index in [1.165, 1.54) is 0 Å². The summed E-state index contributed by atoms with van der Waals surface area (Å²) in [7, 11) is 2.28. The Labute approximate surface area is 47.0 Å². The predicted molar refractivity (Wildman–Crippen MR) is 23.5 cm³/mol. The van der Waals surface area contributed by atoms with Crippen molar-refractivity contribution in [2.24, 2.45) is 0 Å². The second-order valence-corrected chi connectivity index (χ2v) is 1.09. The van der Waals surface area contributed by atoms with Gasteiger partial charge in [-0.2, -0.15) is 5.11 Å². The van der Waals surface area contributed by atoms with E-state index in [9.17, 15) is 9.90 Å². The quantitative estimate of drug-likeness (QED) is 0.366. The molecule has 4 nitrogen and oxygen atoms in total. The highest BCUT2D eigenvalue weighted by Gasteiger charge is 2.14. The van der Waals surface area contributed by atoms with Crippen LogP contribution in [0, 0.1) is 0 Å². The fourth-order valence-corrected chi connectivity index (χ4v) is 0.192. The van der Waals surface area contributed by atoms with Gasteiger partial charge in [-0.05, 0) is 0 Å². The Morgan fingerprint density at radius 3 is 2.12 bits per heavy atom. The molecule has 0 aliphatic heterocycles. The third kappa shape index (κ3) is 1.90. The van der Waals surface area contributed by atoms with Gasteiger partial charge in [0.05, 0.1) is 7.11 Å². The van der Waals surface area contributed by atoms with Crippen LogP contribution in [0.4, 0.5) is 0 Å². The van der Waals surface area contributed by atoms with Gasteiger partial charge in [-0.3, -0.25) is 0 Å². The van der Waals surface area contributed by atoms with Crippen LogP contribution in [-0.4, -0.2) is 26.5 Å². The van der Waals surface area contributed by atoms with Crippen LogP contribution in [0.25, 0.3) is 0 Å². The lowest BCUT2D eigenvalue weighted by Gasteiger charge is -2.00. The van der Waals surface area contributed by atoms with Crippen LogP contribution in [0.1, 0.15) is 0 Å². The van der Waals surface area contributed by atoms with Crippen LogP contribution in [0.5, 0.6) is 0 Å². The Hall–Kier alpha value is -0.610. The van der Waals surface area contributed by atoms with Crippen LogP contribution in [0.15, 0.2) is 0 Å². The summed E-state index contributed by atoms with van der Waals surface area (Å²) < 4.78 is 8.10. The first-order chi connectivity index (χ1) is 3.72. The molecule has 0 heterocycles. The Morgan fingerprint density at radius 1 is 1.50 bits per heavy atom. The molecule has 1 atom stereocenters. The van der Waals surface area contributed by atoms with Gasteiger partial charge in [-0.25, -0.2) is 4.79 Å². The van der Waals surface area contributed by atoms with Gasteiger partial charge in [0, 0.05) is 7.11 Å². The molecule has 0 N–H and O–H groups in total. The van der Waals surface area contributed by atoms with E-state index in [1.807, 2.05) is 0 Å². The van der Waals surface area contributed by atoms with Crippen molar-refractivity contribution < 1.29 is 19.4 Å². The number of carbonyl (C=O) groups excluding carboxylic acids is 1. The van der Waals surface area contributed by atoms with Gasteiger partial charge in [0.1, 0.15) is 0 Å². The summed E-state index contributed by atoms with van der Waals surface area (Å²) >= 11 is 0. The highest BCUT2D eigenvalue weighted by molar-refractivity contribution is 5.72. The van der Waals surface area contributed by atoms with Crippen molar-refractivity contribution in [1.29, 1.82) is 0 Å². The van der Waals surface area contributed by atoms with Gasteiger partial charge in [-0.15, -0.1) is 0 Å². The molecule has 8 heavy (non-hydrogen) atoms. The lowest BCUT2D eigenvalue weighted by atomic mass is 10.7. The van der Waals surface area contributed by atoms with Gasteiger partial charge >= 0.3 is 5.97 Å². The minimum Gasteiger partial charge on any atom is -0.465 e. The highest BCUT2D eigenvalue weighted by Crippen LogP contribution is 1.85. The molecule has 0 aromatic heterocycles. The summed E-state index contributed by atoms with van der Waals surface area (Å²) in [5, 5.41) is 10.1. The molecule has 0 saturated carbocycles. The summed E-state index contributed by atoms with van der Waals surface area (Å²) in [6, 6.07) is 0. The average Bonchev–Trinajstić information content (AvgIpc) is 1.84. The Bertz CT molecular complexity index is 80.1. The largest absolute Gasteiger partial charge is 0.465 e. The summed E-state index contributed by atoms with van der Waals surface area (Å²) in [6.07, 6.45) is -1.69. The molecule has 47 valence electrons. The van der Waals surface area contributed by atoms with Crippen LogP contribution in [0.2, 0.25) is 0 Å². The fraction of sp³-hybridized carbons (Fsp3) is 0.750. The number of carbonyl (C=O) groups is 1. The molecule has 4 heteroatoms. The van der Waals surface area contributed by atoms with Crippen LogP contribution in [0.3, 0.4) is 0 Å². The Morgan fingerprint density at radius 2 is 2.00 bits per heavy atom. The minimum absolute atomic E-state index is 0.896. The molecule has 0 aromatic carbocycles. The number of ether oxygens (including phenoxy) is 2. The van der Waals surface area contributed by atoms with Crippen molar-refractivity contribution in [2.75, 3.05) is 14.2 Å². The molecule has 0 amide bonds. The van der Waals surface area contributed by atoms with Gasteiger partial charge in [-0.1, -0.05) is 0 Å². The van der Waals surface area contributed by atoms with Crippen molar-refractivity contribution in [2.45, 2.75) is 6.29 Å². The molecular formula is C4H7O4. The smallest absolute Gasteiger partial charge is 0.366 e. The first kappa shape index (κ1) is 7.39. The van der Waals surface area contributed by atoms with E-state index >= 15 is 0 Å². The lowest BCUT2D eigenvalue weighted by molar-refractivity contribution is -0.186. The summed E-state index contributed by atoms with van der Waals surface area (Å²) in [5.41, 5.74) is 0. The number of esters is 1. The predicted octanol–water partition coefficient (Wildman–Crippen LogP) is -0.438. The molecule has 0 aliphatic rings. The zero-order valence-electron chi connectivity index (χ0n) is 4.71. The summed E-state index contributed by atoms with van der Waals surface area (Å²) in [5.74, 6) is -0.896. The second kappa shape index (κ2) is 3.40. The first-order valence-electron chi connectivity index (χ1n) is 1.98. The number of rotatable bonds is 2. The fourth-order valence-electron chi connectivity index (χ4n) is 0.192. The zero-order chi connectivity index (χ0) is 6.57. The zero-order valence-corrected chi connectivity index (χ0v) is 4.71. The second-order valence-electron chi connectivity index (χ2n) is 1.09. The number of hydrogen-bond donors (Lipinski definition) is 0. The molecule has 0 spiro atoms. The normalized spacial score (nSPS) is 12.9. The Balaban J connectivity index is 3.46. The molecule has 0 saturated heterocycles. The number of methoxy groups -OCH3 is 2. The van der Waals surface area contributed by atoms with Crippen LogP contribution < -0.4 is 0 Å². The SMILES string of the molecule is COC(=O)C([O])OC.